The highest BCUT2D eigenvalue weighted by Crippen LogP contribution is 2.40. The maximum atomic E-state index is 13.0. The SMILES string of the molecule is COC(=O)Nc1ccc(S(=O)(=O)N2C3CCC2CC(OC)C3)cc1. The van der Waals surface area contributed by atoms with Crippen LogP contribution in [0.2, 0.25) is 0 Å². The van der Waals surface area contributed by atoms with Crippen LogP contribution in [0, 0.1) is 0 Å². The molecule has 132 valence electrons. The molecule has 0 radical (unpaired) electrons. The minimum atomic E-state index is -3.55. The first-order chi connectivity index (χ1) is 11.5. The molecule has 2 unspecified atom stereocenters. The van der Waals surface area contributed by atoms with Crippen molar-refractivity contribution in [3.8, 4) is 0 Å². The summed E-state index contributed by atoms with van der Waals surface area (Å²) in [7, 11) is -0.593. The van der Waals surface area contributed by atoms with Gasteiger partial charge in [0.25, 0.3) is 0 Å². The number of sulfonamides is 1. The Morgan fingerprint density at radius 1 is 1.12 bits per heavy atom. The molecule has 2 fully saturated rings. The highest BCUT2D eigenvalue weighted by Gasteiger charge is 2.47. The van der Waals surface area contributed by atoms with Crippen LogP contribution in [0.5, 0.6) is 0 Å². The molecule has 2 atom stereocenters. The number of benzene rings is 1. The number of fused-ring (bicyclic) bond motifs is 2. The van der Waals surface area contributed by atoms with Gasteiger partial charge in [-0.05, 0) is 49.9 Å². The van der Waals surface area contributed by atoms with Crippen LogP contribution in [0.3, 0.4) is 0 Å². The zero-order chi connectivity index (χ0) is 17.3. The topological polar surface area (TPSA) is 84.9 Å². The first-order valence-corrected chi connectivity index (χ1v) is 9.41. The normalized spacial score (nSPS) is 27.0. The lowest BCUT2D eigenvalue weighted by atomic mass is 10.0. The number of piperidine rings is 1. The lowest BCUT2D eigenvalue weighted by molar-refractivity contribution is 0.0349. The number of nitrogens with one attached hydrogen (secondary N) is 1. The number of nitrogens with zero attached hydrogens (tertiary/aromatic N) is 1. The summed E-state index contributed by atoms with van der Waals surface area (Å²) >= 11 is 0. The van der Waals surface area contributed by atoms with E-state index in [-0.39, 0.29) is 23.1 Å². The lowest BCUT2D eigenvalue weighted by Gasteiger charge is -2.37. The Hall–Kier alpha value is -1.64. The van der Waals surface area contributed by atoms with E-state index in [0.717, 1.165) is 25.7 Å². The summed E-state index contributed by atoms with van der Waals surface area (Å²) in [6, 6.07) is 6.17. The van der Waals surface area contributed by atoms with Crippen molar-refractivity contribution in [1.29, 1.82) is 0 Å². The van der Waals surface area contributed by atoms with Gasteiger partial charge in [-0.1, -0.05) is 0 Å². The number of carbonyl (C=O) groups excluding carboxylic acids is 1. The Kier molecular flexibility index (Phi) is 4.80. The van der Waals surface area contributed by atoms with Crippen LogP contribution in [0.15, 0.2) is 29.2 Å². The van der Waals surface area contributed by atoms with Gasteiger partial charge in [0.2, 0.25) is 10.0 Å². The van der Waals surface area contributed by atoms with E-state index in [0.29, 0.717) is 5.69 Å². The van der Waals surface area contributed by atoms with Gasteiger partial charge in [0.05, 0.1) is 18.1 Å². The number of carbonyl (C=O) groups is 1. The molecule has 2 aliphatic rings. The Balaban J connectivity index is 1.80. The number of ether oxygens (including phenoxy) is 2. The summed E-state index contributed by atoms with van der Waals surface area (Å²) in [5, 5.41) is 2.51. The highest BCUT2D eigenvalue weighted by molar-refractivity contribution is 7.89. The number of hydrogen-bond donors (Lipinski definition) is 1. The summed E-state index contributed by atoms with van der Waals surface area (Å²) in [6.45, 7) is 0. The minimum Gasteiger partial charge on any atom is -0.453 e. The molecule has 0 aromatic heterocycles. The van der Waals surface area contributed by atoms with Crippen molar-refractivity contribution in [2.75, 3.05) is 19.5 Å². The first-order valence-electron chi connectivity index (χ1n) is 7.97. The van der Waals surface area contributed by atoms with Crippen molar-refractivity contribution < 1.29 is 22.7 Å². The number of hydrogen-bond acceptors (Lipinski definition) is 5. The molecule has 2 heterocycles. The van der Waals surface area contributed by atoms with E-state index in [1.165, 1.54) is 19.2 Å². The van der Waals surface area contributed by atoms with Crippen LogP contribution in [0.25, 0.3) is 0 Å². The Labute approximate surface area is 142 Å². The third kappa shape index (κ3) is 3.13. The van der Waals surface area contributed by atoms with Crippen LogP contribution in [-0.2, 0) is 19.5 Å². The van der Waals surface area contributed by atoms with E-state index < -0.39 is 16.1 Å². The van der Waals surface area contributed by atoms with Crippen molar-refractivity contribution >= 4 is 21.8 Å². The number of anilines is 1. The fourth-order valence-electron chi connectivity index (χ4n) is 3.67. The van der Waals surface area contributed by atoms with E-state index >= 15 is 0 Å². The smallest absolute Gasteiger partial charge is 0.411 e. The average Bonchev–Trinajstić information content (AvgIpc) is 2.87. The molecular formula is C16H22N2O5S. The highest BCUT2D eigenvalue weighted by atomic mass is 32.2. The van der Waals surface area contributed by atoms with Gasteiger partial charge >= 0.3 is 6.09 Å². The standard InChI is InChI=1S/C16H22N2O5S/c1-22-14-9-12-5-6-13(10-14)18(12)24(20,21)15-7-3-11(4-8-15)17-16(19)23-2/h3-4,7-8,12-14H,5-6,9-10H2,1-2H3,(H,17,19). The van der Waals surface area contributed by atoms with Crippen LogP contribution in [0.4, 0.5) is 10.5 Å². The zero-order valence-corrected chi connectivity index (χ0v) is 14.6. The third-order valence-corrected chi connectivity index (χ3v) is 6.84. The van der Waals surface area contributed by atoms with Crippen LogP contribution in [0.1, 0.15) is 25.7 Å². The molecule has 0 saturated carbocycles. The Morgan fingerprint density at radius 2 is 1.71 bits per heavy atom. The van der Waals surface area contributed by atoms with Gasteiger partial charge in [-0.25, -0.2) is 13.2 Å². The van der Waals surface area contributed by atoms with Crippen molar-refractivity contribution in [1.82, 2.24) is 4.31 Å². The minimum absolute atomic E-state index is 0.00608. The summed E-state index contributed by atoms with van der Waals surface area (Å²) < 4.78 is 37.6. The van der Waals surface area contributed by atoms with Crippen LogP contribution >= 0.6 is 0 Å². The summed E-state index contributed by atoms with van der Waals surface area (Å²) in [4.78, 5) is 11.4. The molecular weight excluding hydrogens is 332 g/mol. The average molecular weight is 354 g/mol. The molecule has 1 aromatic rings. The molecule has 2 saturated heterocycles. The molecule has 3 rings (SSSR count). The van der Waals surface area contributed by atoms with E-state index in [1.807, 2.05) is 0 Å². The summed E-state index contributed by atoms with van der Waals surface area (Å²) in [6.07, 6.45) is 2.80. The molecule has 7 nitrogen and oxygen atoms in total. The maximum absolute atomic E-state index is 13.0. The fourth-order valence-corrected chi connectivity index (χ4v) is 5.56. The largest absolute Gasteiger partial charge is 0.453 e. The number of methoxy groups -OCH3 is 2. The van der Waals surface area contributed by atoms with Crippen molar-refractivity contribution in [2.24, 2.45) is 0 Å². The van der Waals surface area contributed by atoms with E-state index in [4.69, 9.17) is 4.74 Å². The molecule has 24 heavy (non-hydrogen) atoms. The first kappa shape index (κ1) is 17.2. The van der Waals surface area contributed by atoms with Crippen LogP contribution in [-0.4, -0.2) is 51.2 Å². The molecule has 1 aromatic carbocycles. The molecule has 1 amide bonds. The van der Waals surface area contributed by atoms with Gasteiger partial charge in [-0.3, -0.25) is 5.32 Å². The Morgan fingerprint density at radius 3 is 2.21 bits per heavy atom. The van der Waals surface area contributed by atoms with E-state index in [1.54, 1.807) is 23.5 Å². The summed E-state index contributed by atoms with van der Waals surface area (Å²) in [5.41, 5.74) is 0.488. The summed E-state index contributed by atoms with van der Waals surface area (Å²) in [5.74, 6) is 0. The molecule has 0 aliphatic carbocycles. The number of amides is 1. The molecule has 2 aliphatic heterocycles. The molecule has 1 N–H and O–H groups in total. The lowest BCUT2D eigenvalue weighted by Crippen LogP contribution is -2.48. The zero-order valence-electron chi connectivity index (χ0n) is 13.8. The van der Waals surface area contributed by atoms with Gasteiger partial charge in [0.15, 0.2) is 0 Å². The quantitative estimate of drug-likeness (QED) is 0.896. The van der Waals surface area contributed by atoms with Crippen LogP contribution < -0.4 is 5.32 Å². The maximum Gasteiger partial charge on any atom is 0.411 e. The van der Waals surface area contributed by atoms with Gasteiger partial charge in [-0.15, -0.1) is 0 Å². The van der Waals surface area contributed by atoms with Gasteiger partial charge < -0.3 is 9.47 Å². The van der Waals surface area contributed by atoms with Gasteiger partial charge in [0.1, 0.15) is 0 Å². The predicted octanol–water partition coefficient (Wildman–Crippen LogP) is 2.20. The molecule has 8 heteroatoms. The second-order valence-corrected chi connectivity index (χ2v) is 8.03. The number of rotatable bonds is 4. The van der Waals surface area contributed by atoms with Crippen molar-refractivity contribution in [2.45, 2.75) is 48.8 Å². The second kappa shape index (κ2) is 6.70. The third-order valence-electron chi connectivity index (χ3n) is 4.82. The Bertz CT molecular complexity index is 690. The van der Waals surface area contributed by atoms with E-state index in [9.17, 15) is 13.2 Å². The molecule has 2 bridgehead atoms. The van der Waals surface area contributed by atoms with E-state index in [2.05, 4.69) is 10.1 Å². The molecule has 0 spiro atoms. The fraction of sp³-hybridized carbons (Fsp3) is 0.562. The second-order valence-electron chi connectivity index (χ2n) is 6.19. The van der Waals surface area contributed by atoms with Gasteiger partial charge in [-0.2, -0.15) is 4.31 Å². The predicted molar refractivity (Wildman–Crippen MR) is 88.3 cm³/mol. The monoisotopic (exact) mass is 354 g/mol. The van der Waals surface area contributed by atoms with Crippen molar-refractivity contribution in [3.05, 3.63) is 24.3 Å². The van der Waals surface area contributed by atoms with Crippen molar-refractivity contribution in [3.63, 3.8) is 0 Å². The van der Waals surface area contributed by atoms with Gasteiger partial charge in [0, 0.05) is 24.9 Å².